The van der Waals surface area contributed by atoms with Crippen molar-refractivity contribution in [2.45, 2.75) is 0 Å². The number of nitro groups is 1. The van der Waals surface area contributed by atoms with E-state index in [9.17, 15) is 14.9 Å². The number of fused-ring (bicyclic) bond motifs is 1. The number of nitro benzene ring substituents is 1. The summed E-state index contributed by atoms with van der Waals surface area (Å²) in [6.07, 6.45) is 1.36. The molecule has 3 rings (SSSR count). The van der Waals surface area contributed by atoms with Crippen molar-refractivity contribution < 1.29 is 9.72 Å². The number of benzene rings is 3. The minimum absolute atomic E-state index is 0.0294. The van der Waals surface area contributed by atoms with Crippen LogP contribution in [0.4, 0.5) is 11.4 Å². The monoisotopic (exact) mass is 348 g/mol. The van der Waals surface area contributed by atoms with E-state index in [0.29, 0.717) is 5.56 Å². The van der Waals surface area contributed by atoms with E-state index in [1.54, 1.807) is 12.1 Å². The molecule has 3 aromatic carbocycles. The summed E-state index contributed by atoms with van der Waals surface area (Å²) in [5, 5.41) is 19.8. The van der Waals surface area contributed by atoms with Crippen LogP contribution in [0.25, 0.3) is 10.8 Å². The highest BCUT2D eigenvalue weighted by Gasteiger charge is 2.04. The van der Waals surface area contributed by atoms with Crippen LogP contribution >= 0.6 is 0 Å². The Balaban J connectivity index is 1.53. The molecule has 0 aliphatic rings. The van der Waals surface area contributed by atoms with Gasteiger partial charge in [-0.1, -0.05) is 42.5 Å². The quantitative estimate of drug-likeness (QED) is 0.406. The largest absolute Gasteiger partial charge is 0.376 e. The number of anilines is 1. The molecule has 0 radical (unpaired) electrons. The molecule has 0 fully saturated rings. The average molecular weight is 348 g/mol. The maximum Gasteiger partial charge on any atom is 0.270 e. The fraction of sp³-hybridized carbons (Fsp3) is 0.0526. The van der Waals surface area contributed by atoms with E-state index >= 15 is 0 Å². The van der Waals surface area contributed by atoms with Crippen LogP contribution in [0, 0.1) is 10.1 Å². The summed E-state index contributed by atoms with van der Waals surface area (Å²) in [7, 11) is 0. The van der Waals surface area contributed by atoms with Gasteiger partial charge >= 0.3 is 0 Å². The number of amides is 1. The highest BCUT2D eigenvalue weighted by atomic mass is 16.6. The summed E-state index contributed by atoms with van der Waals surface area (Å²) >= 11 is 0. The van der Waals surface area contributed by atoms with Gasteiger partial charge in [0.25, 0.3) is 11.6 Å². The molecule has 0 heterocycles. The second-order valence-electron chi connectivity index (χ2n) is 5.56. The van der Waals surface area contributed by atoms with Gasteiger partial charge in [0.05, 0.1) is 17.7 Å². The molecule has 130 valence electrons. The fourth-order valence-electron chi connectivity index (χ4n) is 2.42. The van der Waals surface area contributed by atoms with Gasteiger partial charge in [-0.05, 0) is 22.9 Å². The Morgan fingerprint density at radius 2 is 1.85 bits per heavy atom. The number of carbonyl (C=O) groups excluding carboxylic acids is 1. The first kappa shape index (κ1) is 17.1. The van der Waals surface area contributed by atoms with Crippen LogP contribution in [0.3, 0.4) is 0 Å². The van der Waals surface area contributed by atoms with Gasteiger partial charge in [-0.2, -0.15) is 5.10 Å². The smallest absolute Gasteiger partial charge is 0.270 e. The number of non-ortho nitro benzene ring substituents is 1. The average Bonchev–Trinajstić information content (AvgIpc) is 2.66. The molecule has 0 bridgehead atoms. The van der Waals surface area contributed by atoms with Gasteiger partial charge in [-0.15, -0.1) is 0 Å². The molecule has 2 N–H and O–H groups in total. The number of nitrogens with zero attached hydrogens (tertiary/aromatic N) is 2. The maximum absolute atomic E-state index is 11.8. The minimum Gasteiger partial charge on any atom is -0.376 e. The SMILES string of the molecule is O=C(CNc1ccc2ccccc2c1)NN=Cc1cccc([N+](=O)[O-])c1. The number of nitrogens with one attached hydrogen (secondary N) is 2. The van der Waals surface area contributed by atoms with Crippen molar-refractivity contribution in [3.8, 4) is 0 Å². The van der Waals surface area contributed by atoms with E-state index in [-0.39, 0.29) is 18.1 Å². The van der Waals surface area contributed by atoms with Gasteiger partial charge in [-0.25, -0.2) is 5.43 Å². The molecular weight excluding hydrogens is 332 g/mol. The first-order valence-electron chi connectivity index (χ1n) is 7.91. The van der Waals surface area contributed by atoms with Gasteiger partial charge in [0.2, 0.25) is 0 Å². The van der Waals surface area contributed by atoms with Crippen molar-refractivity contribution in [1.82, 2.24) is 5.43 Å². The molecule has 0 aliphatic heterocycles. The highest BCUT2D eigenvalue weighted by Crippen LogP contribution is 2.18. The van der Waals surface area contributed by atoms with E-state index in [1.807, 2.05) is 42.5 Å². The van der Waals surface area contributed by atoms with Crippen LogP contribution in [0.1, 0.15) is 5.56 Å². The number of hydrogen-bond acceptors (Lipinski definition) is 5. The molecule has 0 saturated carbocycles. The summed E-state index contributed by atoms with van der Waals surface area (Å²) in [4.78, 5) is 22.1. The van der Waals surface area contributed by atoms with Gasteiger partial charge in [-0.3, -0.25) is 14.9 Å². The lowest BCUT2D eigenvalue weighted by Crippen LogP contribution is -2.25. The highest BCUT2D eigenvalue weighted by molar-refractivity contribution is 5.87. The molecule has 7 nitrogen and oxygen atoms in total. The Kier molecular flexibility index (Phi) is 5.19. The maximum atomic E-state index is 11.8. The van der Waals surface area contributed by atoms with Crippen molar-refractivity contribution in [3.05, 3.63) is 82.4 Å². The van der Waals surface area contributed by atoms with Crippen LogP contribution in [0.5, 0.6) is 0 Å². The molecule has 0 saturated heterocycles. The zero-order valence-corrected chi connectivity index (χ0v) is 13.8. The third-order valence-electron chi connectivity index (χ3n) is 3.69. The van der Waals surface area contributed by atoms with Crippen LogP contribution < -0.4 is 10.7 Å². The van der Waals surface area contributed by atoms with Crippen molar-refractivity contribution >= 4 is 34.3 Å². The van der Waals surface area contributed by atoms with Crippen LogP contribution in [-0.4, -0.2) is 23.6 Å². The van der Waals surface area contributed by atoms with Gasteiger partial charge in [0, 0.05) is 23.4 Å². The second-order valence-corrected chi connectivity index (χ2v) is 5.56. The van der Waals surface area contributed by atoms with E-state index < -0.39 is 4.92 Å². The van der Waals surface area contributed by atoms with Crippen LogP contribution in [0.2, 0.25) is 0 Å². The fourth-order valence-corrected chi connectivity index (χ4v) is 2.42. The molecular formula is C19H16N4O3. The third kappa shape index (κ3) is 4.41. The molecule has 0 aromatic heterocycles. The molecule has 7 heteroatoms. The van der Waals surface area contributed by atoms with E-state index in [4.69, 9.17) is 0 Å². The normalized spacial score (nSPS) is 10.8. The van der Waals surface area contributed by atoms with Crippen LogP contribution in [-0.2, 0) is 4.79 Å². The van der Waals surface area contributed by atoms with Gasteiger partial charge in [0.15, 0.2) is 0 Å². The number of rotatable bonds is 6. The first-order valence-corrected chi connectivity index (χ1v) is 7.91. The van der Waals surface area contributed by atoms with Crippen molar-refractivity contribution in [3.63, 3.8) is 0 Å². The molecule has 26 heavy (non-hydrogen) atoms. The summed E-state index contributed by atoms with van der Waals surface area (Å²) in [6.45, 7) is 0.0601. The van der Waals surface area contributed by atoms with Crippen molar-refractivity contribution in [1.29, 1.82) is 0 Å². The Morgan fingerprint density at radius 1 is 1.04 bits per heavy atom. The predicted molar refractivity (Wildman–Crippen MR) is 101 cm³/mol. The summed E-state index contributed by atoms with van der Waals surface area (Å²) in [5.74, 6) is -0.320. The zero-order valence-electron chi connectivity index (χ0n) is 13.8. The number of hydrazone groups is 1. The first-order chi connectivity index (χ1) is 12.6. The summed E-state index contributed by atoms with van der Waals surface area (Å²) < 4.78 is 0. The topological polar surface area (TPSA) is 96.6 Å². The number of carbonyl (C=O) groups is 1. The van der Waals surface area contributed by atoms with E-state index in [1.165, 1.54) is 18.3 Å². The van der Waals surface area contributed by atoms with Crippen LogP contribution in [0.15, 0.2) is 71.8 Å². The predicted octanol–water partition coefficient (Wildman–Crippen LogP) is 3.31. The second kappa shape index (κ2) is 7.89. The lowest BCUT2D eigenvalue weighted by Gasteiger charge is -2.06. The molecule has 0 aliphatic carbocycles. The summed E-state index contributed by atoms with van der Waals surface area (Å²) in [5.41, 5.74) is 3.72. The molecule has 0 spiro atoms. The summed E-state index contributed by atoms with van der Waals surface area (Å²) in [6, 6.07) is 19.8. The van der Waals surface area contributed by atoms with E-state index in [0.717, 1.165) is 16.5 Å². The molecule has 0 atom stereocenters. The Labute approximate surface area is 149 Å². The Hall–Kier alpha value is -3.74. The lowest BCUT2D eigenvalue weighted by atomic mass is 10.1. The zero-order chi connectivity index (χ0) is 18.4. The lowest BCUT2D eigenvalue weighted by molar-refractivity contribution is -0.384. The standard InChI is InChI=1S/C19H16N4O3/c24-19(22-21-12-14-4-3-7-18(10-14)23(25)26)13-20-17-9-8-15-5-1-2-6-16(15)11-17/h1-12,20H,13H2,(H,22,24). The van der Waals surface area contributed by atoms with Gasteiger partial charge in [0.1, 0.15) is 0 Å². The van der Waals surface area contributed by atoms with Crippen molar-refractivity contribution in [2.75, 3.05) is 11.9 Å². The molecule has 3 aromatic rings. The van der Waals surface area contributed by atoms with Gasteiger partial charge < -0.3 is 5.32 Å². The minimum atomic E-state index is -0.483. The Bertz CT molecular complexity index is 985. The molecule has 0 unspecified atom stereocenters. The molecule has 1 amide bonds. The van der Waals surface area contributed by atoms with Crippen molar-refractivity contribution in [2.24, 2.45) is 5.10 Å². The third-order valence-corrected chi connectivity index (χ3v) is 3.69. The van der Waals surface area contributed by atoms with E-state index in [2.05, 4.69) is 15.8 Å². The number of hydrogen-bond donors (Lipinski definition) is 2. The Morgan fingerprint density at radius 3 is 2.65 bits per heavy atom.